The van der Waals surface area contributed by atoms with Crippen LogP contribution < -0.4 is 10.9 Å². The molecule has 1 aliphatic rings. The van der Waals surface area contributed by atoms with Crippen molar-refractivity contribution in [2.24, 2.45) is 0 Å². The van der Waals surface area contributed by atoms with Crippen molar-refractivity contribution in [1.82, 2.24) is 0 Å². The summed E-state index contributed by atoms with van der Waals surface area (Å²) in [6.45, 7) is 5.99. The van der Waals surface area contributed by atoms with Crippen LogP contribution in [-0.4, -0.2) is 56.5 Å². The van der Waals surface area contributed by atoms with E-state index in [1.54, 1.807) is 42.5 Å². The lowest BCUT2D eigenvalue weighted by Gasteiger charge is -2.20. The van der Waals surface area contributed by atoms with Gasteiger partial charge in [-0.3, -0.25) is 0 Å². The van der Waals surface area contributed by atoms with Gasteiger partial charge in [-0.2, -0.15) is 0 Å². The Kier molecular flexibility index (Phi) is 9.13. The zero-order valence-electron chi connectivity index (χ0n) is 33.4. The number of phenols is 8. The normalized spacial score (nSPS) is 13.2. The number of rotatable bonds is 6. The van der Waals surface area contributed by atoms with Crippen molar-refractivity contribution in [3.63, 3.8) is 0 Å². The lowest BCUT2D eigenvalue weighted by molar-refractivity contribution is 0.376. The third kappa shape index (κ3) is 5.58. The second-order valence-electron chi connectivity index (χ2n) is 15.1. The average Bonchev–Trinajstić information content (AvgIpc) is 3.50. The Bertz CT molecular complexity index is 3270. The van der Waals surface area contributed by atoms with E-state index in [1.165, 1.54) is 15.7 Å². The quantitative estimate of drug-likeness (QED) is 0.0356. The number of aromatic hydroxyl groups is 8. The van der Waals surface area contributed by atoms with E-state index in [-0.39, 0.29) is 55.3 Å². The maximum Gasteiger partial charge on any atom is 0.168 e. The van der Waals surface area contributed by atoms with Crippen LogP contribution in [0.3, 0.4) is 0 Å². The van der Waals surface area contributed by atoms with Gasteiger partial charge in [0.1, 0.15) is 33.0 Å². The largest absolute Gasteiger partial charge is 0.508 e. The molecule has 11 heteroatoms. The summed E-state index contributed by atoms with van der Waals surface area (Å²) in [5.74, 6) is -3.36. The van der Waals surface area contributed by atoms with Crippen LogP contribution in [0.15, 0.2) is 120 Å². The molecule has 0 amide bonds. The minimum absolute atomic E-state index is 0.0266. The monoisotopic (exact) mass is 804 g/mol. The first kappa shape index (κ1) is 38.6. The molecule has 1 aliphatic carbocycles. The molecule has 0 spiro atoms. The average molecular weight is 804 g/mol. The first-order valence-corrected chi connectivity index (χ1v) is 19.6. The van der Waals surface area contributed by atoms with Gasteiger partial charge in [0, 0.05) is 22.0 Å². The summed E-state index contributed by atoms with van der Waals surface area (Å²) in [7, 11) is 2.88. The minimum atomic E-state index is -0.535. The number of furan rings is 1. The van der Waals surface area contributed by atoms with Gasteiger partial charge in [-0.15, -0.1) is 0 Å². The van der Waals surface area contributed by atoms with Crippen molar-refractivity contribution >= 4 is 92.7 Å². The van der Waals surface area contributed by atoms with E-state index in [9.17, 15) is 40.9 Å². The zero-order chi connectivity index (χ0) is 43.0. The van der Waals surface area contributed by atoms with E-state index >= 15 is 0 Å². The molecule has 0 unspecified atom stereocenters. The van der Waals surface area contributed by atoms with Gasteiger partial charge in [0.05, 0.1) is 16.3 Å². The Morgan fingerprint density at radius 3 is 1.61 bits per heavy atom. The van der Waals surface area contributed by atoms with E-state index in [0.29, 0.717) is 34.5 Å². The predicted molar refractivity (Wildman–Crippen MR) is 249 cm³/mol. The van der Waals surface area contributed by atoms with Crippen LogP contribution in [-0.2, 0) is 0 Å². The van der Waals surface area contributed by atoms with Crippen LogP contribution in [0, 0.1) is 0 Å². The standard InChI is InChI=1S/C50H38B2O9/c1-3-26(36-31(4-2)61-50-38(36)42(53)33(23-13-6-5-7-14-23)37-39(50)43(54)40(51)47(58)46(37)57)35-29-19-10-8-17-27(29)32(28-18-9-11-20-30(28)35)24-15-12-16-25(22-21-24)34-44(55)48(59)41(52)49(60)45(34)56/h3-11,13-22,53-60H,2,12,51-52H2,1H3/b26-3-. The highest BCUT2D eigenvalue weighted by Crippen LogP contribution is 2.55. The molecular weight excluding hydrogens is 766 g/mol. The Morgan fingerprint density at radius 1 is 0.541 bits per heavy atom. The molecule has 0 radical (unpaired) electrons. The van der Waals surface area contributed by atoms with Crippen LogP contribution in [0.2, 0.25) is 0 Å². The number of hydrogen-bond donors (Lipinski definition) is 8. The first-order valence-electron chi connectivity index (χ1n) is 19.6. The highest BCUT2D eigenvalue weighted by atomic mass is 16.3. The smallest absolute Gasteiger partial charge is 0.168 e. The Labute approximate surface area is 351 Å². The second-order valence-corrected chi connectivity index (χ2v) is 15.1. The van der Waals surface area contributed by atoms with Crippen molar-refractivity contribution in [2.45, 2.75) is 13.3 Å². The minimum Gasteiger partial charge on any atom is -0.508 e. The molecule has 9 rings (SSSR count). The van der Waals surface area contributed by atoms with Gasteiger partial charge in [-0.25, -0.2) is 0 Å². The van der Waals surface area contributed by atoms with Gasteiger partial charge < -0.3 is 45.3 Å². The van der Waals surface area contributed by atoms with Crippen molar-refractivity contribution in [2.75, 3.05) is 0 Å². The maximum absolute atomic E-state index is 12.5. The molecule has 1 heterocycles. The molecule has 298 valence electrons. The van der Waals surface area contributed by atoms with Crippen molar-refractivity contribution in [3.8, 4) is 57.1 Å². The van der Waals surface area contributed by atoms with E-state index in [0.717, 1.165) is 38.2 Å². The highest BCUT2D eigenvalue weighted by Gasteiger charge is 2.32. The predicted octanol–water partition coefficient (Wildman–Crippen LogP) is 8.24. The molecule has 9 nitrogen and oxygen atoms in total. The Hall–Kier alpha value is -7.91. The fourth-order valence-electron chi connectivity index (χ4n) is 8.92. The highest BCUT2D eigenvalue weighted by molar-refractivity contribution is 6.40. The van der Waals surface area contributed by atoms with Gasteiger partial charge in [-0.05, 0) is 79.8 Å². The molecule has 0 bridgehead atoms. The molecule has 0 saturated heterocycles. The first-order chi connectivity index (χ1) is 29.4. The van der Waals surface area contributed by atoms with Gasteiger partial charge in [-0.1, -0.05) is 116 Å². The fraction of sp³-hybridized carbons (Fsp3) is 0.0400. The van der Waals surface area contributed by atoms with Gasteiger partial charge >= 0.3 is 0 Å². The summed E-state index contributed by atoms with van der Waals surface area (Å²) in [5, 5.41) is 93.5. The molecule has 1 aromatic heterocycles. The molecule has 8 aromatic rings. The molecule has 7 aromatic carbocycles. The summed E-state index contributed by atoms with van der Waals surface area (Å²) in [5.41, 5.74) is 4.94. The third-order valence-corrected chi connectivity index (χ3v) is 11.9. The number of phenolic OH excluding ortho intramolecular Hbond substituents is 8. The van der Waals surface area contributed by atoms with Crippen molar-refractivity contribution in [3.05, 3.63) is 144 Å². The SMILES string of the molecule is Bc1c(O)c(O)c(C2=CCC=C(c3c4ccccc4c(/C(=C/C)c4c(C=C)oc5c4c(O)c(-c4ccccc4)c4c(O)c(O)c(B)c(O)c45)c4ccccc34)C=C2)c(O)c1O. The van der Waals surface area contributed by atoms with Gasteiger partial charge in [0.25, 0.3) is 0 Å². The topological polar surface area (TPSA) is 175 Å². The van der Waals surface area contributed by atoms with Crippen LogP contribution in [0.4, 0.5) is 0 Å². The molecule has 8 N–H and O–H groups in total. The zero-order valence-corrected chi connectivity index (χ0v) is 33.4. The summed E-state index contributed by atoms with van der Waals surface area (Å²) in [4.78, 5) is 0. The summed E-state index contributed by atoms with van der Waals surface area (Å²) in [6.07, 6.45) is 11.3. The molecule has 0 aliphatic heterocycles. The van der Waals surface area contributed by atoms with Crippen LogP contribution in [0.1, 0.15) is 41.4 Å². The third-order valence-electron chi connectivity index (χ3n) is 11.9. The van der Waals surface area contributed by atoms with Gasteiger partial charge in [0.2, 0.25) is 0 Å². The number of hydrogen-bond acceptors (Lipinski definition) is 9. The molecule has 0 atom stereocenters. The lowest BCUT2D eigenvalue weighted by atomic mass is 9.82. The van der Waals surface area contributed by atoms with Crippen molar-refractivity contribution < 1.29 is 45.3 Å². The van der Waals surface area contributed by atoms with E-state index in [1.807, 2.05) is 79.7 Å². The van der Waals surface area contributed by atoms with Crippen LogP contribution in [0.25, 0.3) is 77.2 Å². The fourth-order valence-corrected chi connectivity index (χ4v) is 8.92. The summed E-state index contributed by atoms with van der Waals surface area (Å²) in [6, 6.07) is 24.9. The van der Waals surface area contributed by atoms with Crippen molar-refractivity contribution in [1.29, 1.82) is 0 Å². The number of fused-ring (bicyclic) bond motifs is 5. The van der Waals surface area contributed by atoms with E-state index in [2.05, 4.69) is 6.58 Å². The van der Waals surface area contributed by atoms with Crippen LogP contribution in [0.5, 0.6) is 46.0 Å². The second kappa shape index (κ2) is 14.4. The summed E-state index contributed by atoms with van der Waals surface area (Å²) >= 11 is 0. The number of allylic oxidation sites excluding steroid dienone is 7. The number of benzene rings is 7. The van der Waals surface area contributed by atoms with Crippen LogP contribution >= 0.6 is 0 Å². The maximum atomic E-state index is 12.5. The van der Waals surface area contributed by atoms with E-state index in [4.69, 9.17) is 4.42 Å². The molecule has 0 saturated carbocycles. The van der Waals surface area contributed by atoms with E-state index < -0.39 is 34.5 Å². The Balaban J connectivity index is 1.32. The molecular formula is C50H38B2O9. The lowest BCUT2D eigenvalue weighted by Crippen LogP contribution is -2.05. The molecule has 0 fully saturated rings. The van der Waals surface area contributed by atoms with Gasteiger partial charge in [0.15, 0.2) is 40.1 Å². The molecule has 61 heavy (non-hydrogen) atoms. The summed E-state index contributed by atoms with van der Waals surface area (Å²) < 4.78 is 6.55. The Morgan fingerprint density at radius 2 is 1.05 bits per heavy atom.